The summed E-state index contributed by atoms with van der Waals surface area (Å²) in [4.78, 5) is 27.6. The number of rotatable bonds is 10. The minimum atomic E-state index is -0.552. The third kappa shape index (κ3) is 7.18. The van der Waals surface area contributed by atoms with Gasteiger partial charge in [0.1, 0.15) is 23.6 Å². The van der Waals surface area contributed by atoms with Gasteiger partial charge in [-0.15, -0.1) is 0 Å². The summed E-state index contributed by atoms with van der Waals surface area (Å²) in [6.07, 6.45) is 4.06. The highest BCUT2D eigenvalue weighted by atomic mass is 16.5. The van der Waals surface area contributed by atoms with Gasteiger partial charge in [-0.2, -0.15) is 0 Å². The first-order valence-electron chi connectivity index (χ1n) is 13.6. The van der Waals surface area contributed by atoms with Crippen LogP contribution in [0, 0.1) is 0 Å². The number of hydrogen-bond acceptors (Lipinski definition) is 6. The summed E-state index contributed by atoms with van der Waals surface area (Å²) < 4.78 is 5.80. The Morgan fingerprint density at radius 2 is 1.59 bits per heavy atom. The van der Waals surface area contributed by atoms with Gasteiger partial charge in [-0.05, 0) is 59.9 Å². The quantitative estimate of drug-likeness (QED) is 0.286. The molecule has 39 heavy (non-hydrogen) atoms. The molecule has 7 heteroatoms. The molecule has 1 aliphatic rings. The second-order valence-corrected chi connectivity index (χ2v) is 10.6. The molecule has 1 aliphatic carbocycles. The highest BCUT2D eigenvalue weighted by Crippen LogP contribution is 2.33. The topological polar surface area (TPSA) is 99.1 Å². The van der Waals surface area contributed by atoms with Crippen molar-refractivity contribution in [3.63, 3.8) is 0 Å². The van der Waals surface area contributed by atoms with Gasteiger partial charge in [-0.3, -0.25) is 10.1 Å². The number of aromatic hydroxyl groups is 2. The molecule has 3 N–H and O–H groups in total. The SMILES string of the molecule is CC(C)c1cc(C(=O)N(C)Cc2ccc(CN[C@H](C(=O)OC3CCCC3)c3ccccc3)cc2)c(O)cc1O. The summed E-state index contributed by atoms with van der Waals surface area (Å²) in [7, 11) is 1.68. The standard InChI is InChI=1S/C32H38N2O5/c1-21(2)26-17-27(29(36)18-28(26)35)31(37)34(3)20-23-15-13-22(14-16-23)19-33-30(24-9-5-4-6-10-24)32(38)39-25-11-7-8-12-25/h4-6,9-10,13-18,21,25,30,33,35-36H,7-8,11-12,19-20H2,1-3H3/t30-/m0/s1. The molecule has 3 aromatic rings. The third-order valence-corrected chi connectivity index (χ3v) is 7.25. The van der Waals surface area contributed by atoms with Gasteiger partial charge >= 0.3 is 5.97 Å². The summed E-state index contributed by atoms with van der Waals surface area (Å²) in [5.74, 6) is -0.828. The summed E-state index contributed by atoms with van der Waals surface area (Å²) >= 11 is 0. The van der Waals surface area contributed by atoms with Gasteiger partial charge in [0, 0.05) is 26.2 Å². The van der Waals surface area contributed by atoms with Crippen LogP contribution in [0.1, 0.15) is 84.1 Å². The maximum Gasteiger partial charge on any atom is 0.328 e. The number of carbonyl (C=O) groups excluding carboxylic acids is 2. The van der Waals surface area contributed by atoms with E-state index in [2.05, 4.69) is 5.32 Å². The second-order valence-electron chi connectivity index (χ2n) is 10.6. The highest BCUT2D eigenvalue weighted by Gasteiger charge is 2.26. The molecule has 206 valence electrons. The van der Waals surface area contributed by atoms with Crippen LogP contribution in [0.25, 0.3) is 0 Å². The maximum atomic E-state index is 13.1. The fourth-order valence-electron chi connectivity index (χ4n) is 4.98. The average Bonchev–Trinajstić information content (AvgIpc) is 3.43. The van der Waals surface area contributed by atoms with Crippen molar-refractivity contribution in [1.82, 2.24) is 10.2 Å². The van der Waals surface area contributed by atoms with E-state index in [1.165, 1.54) is 11.0 Å². The van der Waals surface area contributed by atoms with E-state index in [0.717, 1.165) is 42.4 Å². The monoisotopic (exact) mass is 530 g/mol. The van der Waals surface area contributed by atoms with Gasteiger partial charge in [0.2, 0.25) is 0 Å². The molecule has 1 atom stereocenters. The van der Waals surface area contributed by atoms with Crippen molar-refractivity contribution >= 4 is 11.9 Å². The molecule has 0 heterocycles. The van der Waals surface area contributed by atoms with Crippen LogP contribution < -0.4 is 5.32 Å². The molecule has 0 aliphatic heterocycles. The van der Waals surface area contributed by atoms with Crippen molar-refractivity contribution in [2.75, 3.05) is 7.05 Å². The largest absolute Gasteiger partial charge is 0.508 e. The molecule has 0 unspecified atom stereocenters. The smallest absolute Gasteiger partial charge is 0.328 e. The first-order chi connectivity index (χ1) is 18.7. The summed E-state index contributed by atoms with van der Waals surface area (Å²) in [5.41, 5.74) is 3.58. The molecule has 0 saturated heterocycles. The van der Waals surface area contributed by atoms with Crippen molar-refractivity contribution in [2.45, 2.75) is 70.7 Å². The Morgan fingerprint density at radius 1 is 0.949 bits per heavy atom. The van der Waals surface area contributed by atoms with Crippen molar-refractivity contribution in [3.05, 3.63) is 94.5 Å². The minimum absolute atomic E-state index is 0.00458. The van der Waals surface area contributed by atoms with Crippen LogP contribution in [-0.2, 0) is 22.6 Å². The van der Waals surface area contributed by atoms with Crippen molar-refractivity contribution in [2.24, 2.45) is 0 Å². The van der Waals surface area contributed by atoms with Gasteiger partial charge in [-0.1, -0.05) is 68.4 Å². The Balaban J connectivity index is 1.39. The molecule has 7 nitrogen and oxygen atoms in total. The number of carbonyl (C=O) groups is 2. The van der Waals surface area contributed by atoms with E-state index in [-0.39, 0.29) is 41.0 Å². The predicted molar refractivity (Wildman–Crippen MR) is 150 cm³/mol. The zero-order valence-corrected chi connectivity index (χ0v) is 22.9. The molecule has 1 saturated carbocycles. The Kier molecular flexibility index (Phi) is 9.25. The van der Waals surface area contributed by atoms with Crippen LogP contribution in [-0.4, -0.2) is 40.1 Å². The van der Waals surface area contributed by atoms with Gasteiger partial charge in [0.15, 0.2) is 0 Å². The van der Waals surface area contributed by atoms with Gasteiger partial charge in [0.05, 0.1) is 5.56 Å². The Bertz CT molecular complexity index is 1270. The lowest BCUT2D eigenvalue weighted by molar-refractivity contribution is -0.151. The average molecular weight is 531 g/mol. The summed E-state index contributed by atoms with van der Waals surface area (Å²) in [5, 5.41) is 23.7. The van der Waals surface area contributed by atoms with Crippen LogP contribution in [0.2, 0.25) is 0 Å². The number of phenolic OH excluding ortho intramolecular Hbond substituents is 2. The van der Waals surface area contributed by atoms with Gasteiger partial charge in [0.25, 0.3) is 5.91 Å². The van der Waals surface area contributed by atoms with E-state index in [4.69, 9.17) is 4.74 Å². The molecule has 1 fully saturated rings. The van der Waals surface area contributed by atoms with E-state index in [0.29, 0.717) is 18.7 Å². The van der Waals surface area contributed by atoms with E-state index in [1.54, 1.807) is 13.1 Å². The van der Waals surface area contributed by atoms with Crippen LogP contribution in [0.5, 0.6) is 11.5 Å². The summed E-state index contributed by atoms with van der Waals surface area (Å²) in [6, 6.07) is 19.7. The zero-order chi connectivity index (χ0) is 27.9. The normalized spacial score (nSPS) is 14.4. The number of hydrogen-bond donors (Lipinski definition) is 3. The third-order valence-electron chi connectivity index (χ3n) is 7.25. The Hall–Kier alpha value is -3.84. The number of esters is 1. The van der Waals surface area contributed by atoms with Crippen molar-refractivity contribution in [3.8, 4) is 11.5 Å². The fraction of sp³-hybridized carbons (Fsp3) is 0.375. The number of phenols is 2. The highest BCUT2D eigenvalue weighted by molar-refractivity contribution is 5.97. The van der Waals surface area contributed by atoms with Crippen molar-refractivity contribution < 1.29 is 24.5 Å². The molecule has 3 aromatic carbocycles. The molecule has 0 bridgehead atoms. The zero-order valence-electron chi connectivity index (χ0n) is 22.9. The van der Waals surface area contributed by atoms with Crippen LogP contribution in [0.15, 0.2) is 66.7 Å². The molecule has 0 radical (unpaired) electrons. The Labute approximate surface area is 230 Å². The lowest BCUT2D eigenvalue weighted by atomic mass is 9.98. The van der Waals surface area contributed by atoms with Crippen LogP contribution in [0.4, 0.5) is 0 Å². The number of nitrogens with one attached hydrogen (secondary N) is 1. The maximum absolute atomic E-state index is 13.1. The number of amides is 1. The lowest BCUT2D eigenvalue weighted by Crippen LogP contribution is -2.32. The van der Waals surface area contributed by atoms with Crippen LogP contribution in [0.3, 0.4) is 0 Å². The van der Waals surface area contributed by atoms with E-state index in [9.17, 15) is 19.8 Å². The molecular formula is C32H38N2O5. The van der Waals surface area contributed by atoms with Crippen molar-refractivity contribution in [1.29, 1.82) is 0 Å². The number of ether oxygens (including phenoxy) is 1. The first-order valence-corrected chi connectivity index (χ1v) is 13.6. The predicted octanol–water partition coefficient (Wildman–Crippen LogP) is 5.81. The lowest BCUT2D eigenvalue weighted by Gasteiger charge is -2.21. The second kappa shape index (κ2) is 12.8. The molecule has 0 aromatic heterocycles. The molecular weight excluding hydrogens is 492 g/mol. The summed E-state index contributed by atoms with van der Waals surface area (Å²) in [6.45, 7) is 4.67. The molecule has 1 amide bonds. The van der Waals surface area contributed by atoms with Gasteiger partial charge in [-0.25, -0.2) is 4.79 Å². The van der Waals surface area contributed by atoms with E-state index < -0.39 is 6.04 Å². The first kappa shape index (κ1) is 28.2. The van der Waals surface area contributed by atoms with Crippen LogP contribution >= 0.6 is 0 Å². The van der Waals surface area contributed by atoms with Gasteiger partial charge < -0.3 is 19.8 Å². The van der Waals surface area contributed by atoms with E-state index >= 15 is 0 Å². The molecule has 4 rings (SSSR count). The Morgan fingerprint density at radius 3 is 2.23 bits per heavy atom. The van der Waals surface area contributed by atoms with E-state index in [1.807, 2.05) is 68.4 Å². The number of nitrogens with zero attached hydrogens (tertiary/aromatic N) is 1. The fourth-order valence-corrected chi connectivity index (χ4v) is 4.98. The number of benzene rings is 3. The minimum Gasteiger partial charge on any atom is -0.508 e. The molecule has 0 spiro atoms.